The van der Waals surface area contributed by atoms with Gasteiger partial charge >= 0.3 is 0 Å². The molecule has 33 heavy (non-hydrogen) atoms. The summed E-state index contributed by atoms with van der Waals surface area (Å²) in [6.07, 6.45) is 4.02. The van der Waals surface area contributed by atoms with Gasteiger partial charge in [0, 0.05) is 49.5 Å². The highest BCUT2D eigenvalue weighted by molar-refractivity contribution is 7.89. The Morgan fingerprint density at radius 1 is 1.00 bits per heavy atom. The number of hydrogen-bond acceptors (Lipinski definition) is 4. The second kappa shape index (κ2) is 8.29. The molecule has 0 aromatic heterocycles. The van der Waals surface area contributed by atoms with Crippen LogP contribution in [0.25, 0.3) is 5.57 Å². The van der Waals surface area contributed by atoms with E-state index in [0.29, 0.717) is 19.6 Å². The maximum absolute atomic E-state index is 13.6. The first-order valence-electron chi connectivity index (χ1n) is 11.8. The molecule has 0 N–H and O–H groups in total. The largest absolute Gasteiger partial charge is 0.366 e. The minimum absolute atomic E-state index is 0.0168. The molecule has 3 aliphatic rings. The van der Waals surface area contributed by atoms with Crippen molar-refractivity contribution in [3.8, 4) is 0 Å². The van der Waals surface area contributed by atoms with E-state index in [0.717, 1.165) is 48.2 Å². The van der Waals surface area contributed by atoms with E-state index in [-0.39, 0.29) is 16.8 Å². The Labute approximate surface area is 196 Å². The van der Waals surface area contributed by atoms with Crippen LogP contribution in [-0.4, -0.2) is 51.4 Å². The van der Waals surface area contributed by atoms with Crippen LogP contribution in [0.1, 0.15) is 43.7 Å². The van der Waals surface area contributed by atoms with Crippen LogP contribution in [0.2, 0.25) is 0 Å². The van der Waals surface area contributed by atoms with Crippen LogP contribution in [-0.2, 0) is 14.8 Å². The minimum atomic E-state index is -3.66. The smallest absolute Gasteiger partial charge is 0.258 e. The van der Waals surface area contributed by atoms with Crippen molar-refractivity contribution in [2.45, 2.75) is 50.5 Å². The van der Waals surface area contributed by atoms with E-state index in [2.05, 4.69) is 36.9 Å². The maximum Gasteiger partial charge on any atom is 0.258 e. The molecule has 2 fully saturated rings. The fraction of sp³-hybridized carbons (Fsp3) is 0.423. The molecule has 1 aliphatic carbocycles. The standard InChI is InChI=1S/C26H31N3O3S/c1-18-7-6-10-21(15-18)29-14-13-28(17-19(29)2)33(31,32)22-11-12-24-23(16-22)25(26(30)27(24)3)20-8-4-5-9-20/h6-7,10-12,15-16,19H,4-5,8-9,13-14,17H2,1-3H3/t19-/m1/s1. The number of benzene rings is 2. The molecule has 6 nitrogen and oxygen atoms in total. The van der Waals surface area contributed by atoms with Crippen molar-refractivity contribution in [1.29, 1.82) is 0 Å². The Hall–Kier alpha value is -2.64. The zero-order valence-corrected chi connectivity index (χ0v) is 20.4. The predicted octanol–water partition coefficient (Wildman–Crippen LogP) is 4.20. The normalized spacial score (nSPS) is 21.8. The van der Waals surface area contributed by atoms with Gasteiger partial charge in [0.1, 0.15) is 0 Å². The Morgan fingerprint density at radius 2 is 1.76 bits per heavy atom. The van der Waals surface area contributed by atoms with Gasteiger partial charge < -0.3 is 9.80 Å². The zero-order valence-electron chi connectivity index (χ0n) is 19.5. The number of nitrogens with zero attached hydrogens (tertiary/aromatic N) is 3. The number of piperazine rings is 1. The van der Waals surface area contributed by atoms with E-state index in [9.17, 15) is 13.2 Å². The number of allylic oxidation sites excluding steroid dienone is 1. The van der Waals surface area contributed by atoms with Gasteiger partial charge in [-0.15, -0.1) is 0 Å². The summed E-state index contributed by atoms with van der Waals surface area (Å²) in [6, 6.07) is 13.6. The summed E-state index contributed by atoms with van der Waals surface area (Å²) < 4.78 is 28.8. The average Bonchev–Trinajstić information content (AvgIpc) is 3.40. The topological polar surface area (TPSA) is 60.9 Å². The maximum atomic E-state index is 13.6. The van der Waals surface area contributed by atoms with E-state index in [1.165, 1.54) is 11.1 Å². The SMILES string of the molecule is Cc1cccc(N2CCN(S(=O)(=O)c3ccc4c(c3)C(=C3CCCC3)C(=O)N4C)C[C@H]2C)c1. The van der Waals surface area contributed by atoms with Gasteiger partial charge in [0.2, 0.25) is 10.0 Å². The first-order chi connectivity index (χ1) is 15.8. The van der Waals surface area contributed by atoms with Crippen LogP contribution in [0.3, 0.4) is 0 Å². The summed E-state index contributed by atoms with van der Waals surface area (Å²) in [6.45, 7) is 5.65. The van der Waals surface area contributed by atoms with Crippen molar-refractivity contribution >= 4 is 32.9 Å². The van der Waals surface area contributed by atoms with Crippen LogP contribution >= 0.6 is 0 Å². The molecular formula is C26H31N3O3S. The third-order valence-corrected chi connectivity index (χ3v) is 9.10. The first kappa shape index (κ1) is 22.2. The molecule has 2 aliphatic heterocycles. The van der Waals surface area contributed by atoms with Crippen molar-refractivity contribution in [2.75, 3.05) is 36.5 Å². The van der Waals surface area contributed by atoms with E-state index in [1.807, 2.05) is 6.07 Å². The number of amides is 1. The second-order valence-electron chi connectivity index (χ2n) is 9.47. The second-order valence-corrected chi connectivity index (χ2v) is 11.4. The summed E-state index contributed by atoms with van der Waals surface area (Å²) >= 11 is 0. The van der Waals surface area contributed by atoms with Gasteiger partial charge in [0.25, 0.3) is 5.91 Å². The number of carbonyl (C=O) groups excluding carboxylic acids is 1. The summed E-state index contributed by atoms with van der Waals surface area (Å²) in [5.41, 5.74) is 5.78. The van der Waals surface area contributed by atoms with Crippen molar-refractivity contribution in [3.05, 3.63) is 59.2 Å². The van der Waals surface area contributed by atoms with Crippen molar-refractivity contribution < 1.29 is 13.2 Å². The molecule has 0 unspecified atom stereocenters. The number of hydrogen-bond donors (Lipinski definition) is 0. The monoisotopic (exact) mass is 465 g/mol. The fourth-order valence-corrected chi connectivity index (χ4v) is 6.97. The van der Waals surface area contributed by atoms with E-state index in [1.54, 1.807) is 34.5 Å². The molecule has 7 heteroatoms. The third-order valence-electron chi connectivity index (χ3n) is 7.24. The summed E-state index contributed by atoms with van der Waals surface area (Å²) in [5.74, 6) is -0.0168. The molecule has 1 saturated heterocycles. The van der Waals surface area contributed by atoms with Crippen LogP contribution in [0.5, 0.6) is 0 Å². The Morgan fingerprint density at radius 3 is 2.45 bits per heavy atom. The quantitative estimate of drug-likeness (QED) is 0.638. The number of anilines is 2. The summed E-state index contributed by atoms with van der Waals surface area (Å²) in [7, 11) is -1.89. The molecule has 5 rings (SSSR count). The molecule has 0 radical (unpaired) electrons. The van der Waals surface area contributed by atoms with Gasteiger partial charge in [0.05, 0.1) is 10.6 Å². The van der Waals surface area contributed by atoms with Crippen LogP contribution < -0.4 is 9.80 Å². The Balaban J connectivity index is 1.44. The molecule has 0 spiro atoms. The van der Waals surface area contributed by atoms with Crippen molar-refractivity contribution in [1.82, 2.24) is 4.31 Å². The summed E-state index contributed by atoms with van der Waals surface area (Å²) in [4.78, 5) is 17.2. The Kier molecular flexibility index (Phi) is 5.57. The van der Waals surface area contributed by atoms with Crippen LogP contribution in [0, 0.1) is 6.92 Å². The summed E-state index contributed by atoms with van der Waals surface area (Å²) in [5, 5.41) is 0. The lowest BCUT2D eigenvalue weighted by Crippen LogP contribution is -2.53. The molecule has 2 aromatic rings. The average molecular weight is 466 g/mol. The lowest BCUT2D eigenvalue weighted by Gasteiger charge is -2.40. The van der Waals surface area contributed by atoms with Crippen LogP contribution in [0.15, 0.2) is 52.9 Å². The van der Waals surface area contributed by atoms with Gasteiger partial charge in [-0.25, -0.2) is 8.42 Å². The van der Waals surface area contributed by atoms with E-state index >= 15 is 0 Å². The third kappa shape index (κ3) is 3.77. The number of aryl methyl sites for hydroxylation is 1. The molecular weight excluding hydrogens is 434 g/mol. The van der Waals surface area contributed by atoms with Gasteiger partial charge in [-0.05, 0) is 75.4 Å². The number of carbonyl (C=O) groups is 1. The predicted molar refractivity (Wildman–Crippen MR) is 132 cm³/mol. The van der Waals surface area contributed by atoms with Crippen molar-refractivity contribution in [3.63, 3.8) is 0 Å². The molecule has 1 atom stereocenters. The number of sulfonamides is 1. The lowest BCUT2D eigenvalue weighted by molar-refractivity contribution is -0.112. The zero-order chi connectivity index (χ0) is 23.3. The highest BCUT2D eigenvalue weighted by Gasteiger charge is 2.36. The minimum Gasteiger partial charge on any atom is -0.366 e. The van der Waals surface area contributed by atoms with Gasteiger partial charge in [-0.2, -0.15) is 4.31 Å². The number of rotatable bonds is 3. The molecule has 1 amide bonds. The highest BCUT2D eigenvalue weighted by atomic mass is 32.2. The Bertz CT molecular complexity index is 1240. The molecule has 174 valence electrons. The number of likely N-dealkylation sites (N-methyl/N-ethyl adjacent to an activating group) is 1. The van der Waals surface area contributed by atoms with E-state index < -0.39 is 10.0 Å². The molecule has 1 saturated carbocycles. The van der Waals surface area contributed by atoms with Crippen molar-refractivity contribution in [2.24, 2.45) is 0 Å². The molecule has 2 heterocycles. The highest BCUT2D eigenvalue weighted by Crippen LogP contribution is 2.43. The van der Waals surface area contributed by atoms with Gasteiger partial charge in [-0.1, -0.05) is 17.7 Å². The van der Waals surface area contributed by atoms with E-state index in [4.69, 9.17) is 0 Å². The van der Waals surface area contributed by atoms with Gasteiger partial charge in [0.15, 0.2) is 0 Å². The lowest BCUT2D eigenvalue weighted by atomic mass is 10.00. The molecule has 2 aromatic carbocycles. The fourth-order valence-electron chi connectivity index (χ4n) is 5.44. The van der Waals surface area contributed by atoms with Crippen LogP contribution in [0.4, 0.5) is 11.4 Å². The first-order valence-corrected chi connectivity index (χ1v) is 13.2. The number of fused-ring (bicyclic) bond motifs is 1. The van der Waals surface area contributed by atoms with Gasteiger partial charge in [-0.3, -0.25) is 4.79 Å². The molecule has 0 bridgehead atoms.